The minimum absolute atomic E-state index is 0.0113. The first-order chi connectivity index (χ1) is 16.5. The quantitative estimate of drug-likeness (QED) is 0.460. The molecule has 1 aliphatic rings. The Labute approximate surface area is 211 Å². The lowest BCUT2D eigenvalue weighted by Gasteiger charge is -2.24. The SMILES string of the molecule is Cc1cc(OCc2cccc(F)n2)c(Br)c(=O)n1C1=CC(c2cccc(C(C)(C)O)n2)=NC[C@H]1C. The fourth-order valence-corrected chi connectivity index (χ4v) is 4.21. The van der Waals surface area contributed by atoms with Crippen molar-refractivity contribution in [3.8, 4) is 5.75 Å². The number of rotatable bonds is 6. The summed E-state index contributed by atoms with van der Waals surface area (Å²) in [6.45, 7) is 7.71. The van der Waals surface area contributed by atoms with E-state index in [1.54, 1.807) is 42.7 Å². The molecule has 9 heteroatoms. The normalized spacial score (nSPS) is 16.0. The van der Waals surface area contributed by atoms with Crippen LogP contribution in [0.2, 0.25) is 0 Å². The molecule has 0 saturated carbocycles. The summed E-state index contributed by atoms with van der Waals surface area (Å²) in [5.41, 5.74) is 2.33. The first-order valence-electron chi connectivity index (χ1n) is 11.2. The summed E-state index contributed by atoms with van der Waals surface area (Å²) in [6.07, 6.45) is 1.86. The predicted molar refractivity (Wildman–Crippen MR) is 136 cm³/mol. The summed E-state index contributed by atoms with van der Waals surface area (Å²) in [7, 11) is 0. The Morgan fingerprint density at radius 2 is 1.97 bits per heavy atom. The van der Waals surface area contributed by atoms with Gasteiger partial charge in [0.25, 0.3) is 5.56 Å². The Morgan fingerprint density at radius 3 is 2.69 bits per heavy atom. The van der Waals surface area contributed by atoms with Gasteiger partial charge in [-0.3, -0.25) is 14.4 Å². The van der Waals surface area contributed by atoms with Crippen LogP contribution in [0.3, 0.4) is 0 Å². The van der Waals surface area contributed by atoms with Gasteiger partial charge in [-0.2, -0.15) is 4.39 Å². The van der Waals surface area contributed by atoms with E-state index in [0.717, 1.165) is 5.70 Å². The molecule has 0 unspecified atom stereocenters. The zero-order valence-corrected chi connectivity index (χ0v) is 21.5. The van der Waals surface area contributed by atoms with E-state index < -0.39 is 11.5 Å². The van der Waals surface area contributed by atoms with Gasteiger partial charge in [0, 0.05) is 29.9 Å². The van der Waals surface area contributed by atoms with Crippen LogP contribution in [-0.2, 0) is 12.2 Å². The molecule has 4 rings (SSSR count). The number of pyridine rings is 3. The number of allylic oxidation sites excluding steroid dienone is 1. The van der Waals surface area contributed by atoms with Gasteiger partial charge in [-0.15, -0.1) is 0 Å². The molecule has 1 N–H and O–H groups in total. The van der Waals surface area contributed by atoms with Gasteiger partial charge in [-0.05, 0) is 67.0 Å². The van der Waals surface area contributed by atoms with Gasteiger partial charge in [-0.1, -0.05) is 19.1 Å². The van der Waals surface area contributed by atoms with Crippen molar-refractivity contribution in [2.24, 2.45) is 10.9 Å². The van der Waals surface area contributed by atoms with Crippen molar-refractivity contribution in [3.63, 3.8) is 0 Å². The molecule has 1 aliphatic heterocycles. The topological polar surface area (TPSA) is 89.6 Å². The van der Waals surface area contributed by atoms with E-state index >= 15 is 0 Å². The third kappa shape index (κ3) is 5.41. The fraction of sp³-hybridized carbons (Fsp3) is 0.308. The molecule has 7 nitrogen and oxygen atoms in total. The van der Waals surface area contributed by atoms with Crippen molar-refractivity contribution in [1.29, 1.82) is 0 Å². The van der Waals surface area contributed by atoms with Crippen LogP contribution in [0.25, 0.3) is 5.70 Å². The largest absolute Gasteiger partial charge is 0.486 e. The Kier molecular flexibility index (Phi) is 7.00. The number of hydrogen-bond donors (Lipinski definition) is 1. The van der Waals surface area contributed by atoms with Crippen molar-refractivity contribution in [3.05, 3.63) is 92.1 Å². The molecular formula is C26H26BrFN4O3. The number of nitrogens with zero attached hydrogens (tertiary/aromatic N) is 4. The molecule has 3 aromatic rings. The van der Waals surface area contributed by atoms with Crippen molar-refractivity contribution in [2.75, 3.05) is 6.54 Å². The third-order valence-corrected chi connectivity index (χ3v) is 6.40. The van der Waals surface area contributed by atoms with E-state index in [9.17, 15) is 14.3 Å². The number of aliphatic hydroxyl groups is 1. The fourth-order valence-electron chi connectivity index (χ4n) is 3.80. The van der Waals surface area contributed by atoms with Crippen molar-refractivity contribution < 1.29 is 14.2 Å². The lowest BCUT2D eigenvalue weighted by atomic mass is 9.99. The van der Waals surface area contributed by atoms with E-state index in [1.807, 2.05) is 32.1 Å². The van der Waals surface area contributed by atoms with Gasteiger partial charge in [0.1, 0.15) is 22.4 Å². The van der Waals surface area contributed by atoms with Gasteiger partial charge in [-0.25, -0.2) is 9.97 Å². The van der Waals surface area contributed by atoms with E-state index in [0.29, 0.717) is 40.8 Å². The van der Waals surface area contributed by atoms with Crippen LogP contribution >= 0.6 is 15.9 Å². The van der Waals surface area contributed by atoms with Crippen molar-refractivity contribution in [2.45, 2.75) is 39.9 Å². The zero-order chi connectivity index (χ0) is 25.3. The number of aliphatic imine (C=N–C) groups is 1. The number of dihydropyridines is 1. The van der Waals surface area contributed by atoms with Crippen LogP contribution in [-0.4, -0.2) is 31.9 Å². The number of hydrogen-bond acceptors (Lipinski definition) is 6. The maximum atomic E-state index is 13.4. The lowest BCUT2D eigenvalue weighted by molar-refractivity contribution is 0.0738. The highest BCUT2D eigenvalue weighted by atomic mass is 79.9. The molecule has 0 radical (unpaired) electrons. The Balaban J connectivity index is 1.68. The van der Waals surface area contributed by atoms with Gasteiger partial charge in [0.15, 0.2) is 0 Å². The lowest BCUT2D eigenvalue weighted by Crippen LogP contribution is -2.29. The maximum absolute atomic E-state index is 13.4. The molecule has 35 heavy (non-hydrogen) atoms. The molecule has 0 aromatic carbocycles. The molecule has 1 atom stereocenters. The van der Waals surface area contributed by atoms with Crippen LogP contribution in [0, 0.1) is 18.8 Å². The average molecular weight is 541 g/mol. The minimum Gasteiger partial charge on any atom is -0.486 e. The summed E-state index contributed by atoms with van der Waals surface area (Å²) in [4.78, 5) is 26.4. The highest BCUT2D eigenvalue weighted by Crippen LogP contribution is 2.29. The first-order valence-corrected chi connectivity index (χ1v) is 12.0. The van der Waals surface area contributed by atoms with Crippen molar-refractivity contribution >= 4 is 27.3 Å². The second kappa shape index (κ2) is 9.83. The number of aromatic nitrogens is 3. The van der Waals surface area contributed by atoms with E-state index in [4.69, 9.17) is 4.74 Å². The first kappa shape index (κ1) is 24.9. The van der Waals surface area contributed by atoms with E-state index in [2.05, 4.69) is 30.9 Å². The molecule has 4 heterocycles. The molecule has 0 fully saturated rings. The van der Waals surface area contributed by atoms with Crippen LogP contribution in [0.4, 0.5) is 4.39 Å². The molecule has 182 valence electrons. The van der Waals surface area contributed by atoms with Gasteiger partial charge in [0.2, 0.25) is 5.95 Å². The van der Waals surface area contributed by atoms with Crippen LogP contribution in [0.1, 0.15) is 43.5 Å². The van der Waals surface area contributed by atoms with Gasteiger partial charge in [0.05, 0.1) is 22.8 Å². The van der Waals surface area contributed by atoms with Crippen LogP contribution < -0.4 is 10.3 Å². The summed E-state index contributed by atoms with van der Waals surface area (Å²) >= 11 is 3.38. The summed E-state index contributed by atoms with van der Waals surface area (Å²) in [6, 6.07) is 11.7. The molecule has 0 amide bonds. The number of ether oxygens (including phenoxy) is 1. The van der Waals surface area contributed by atoms with E-state index in [1.165, 1.54) is 6.07 Å². The molecule has 0 bridgehead atoms. The molecule has 0 aliphatic carbocycles. The number of aryl methyl sites for hydroxylation is 1. The highest BCUT2D eigenvalue weighted by Gasteiger charge is 2.24. The van der Waals surface area contributed by atoms with Gasteiger partial charge < -0.3 is 9.84 Å². The Morgan fingerprint density at radius 1 is 1.23 bits per heavy atom. The van der Waals surface area contributed by atoms with Crippen molar-refractivity contribution in [1.82, 2.24) is 14.5 Å². The average Bonchev–Trinajstić information content (AvgIpc) is 2.81. The third-order valence-electron chi connectivity index (χ3n) is 5.67. The van der Waals surface area contributed by atoms with Crippen LogP contribution in [0.5, 0.6) is 5.75 Å². The summed E-state index contributed by atoms with van der Waals surface area (Å²) in [5.74, 6) is -0.245. The summed E-state index contributed by atoms with van der Waals surface area (Å²) in [5, 5.41) is 10.3. The smallest absolute Gasteiger partial charge is 0.273 e. The second-order valence-electron chi connectivity index (χ2n) is 9.01. The molecule has 3 aromatic heterocycles. The standard InChI is InChI=1S/C26H26BrFN4O3/c1-15-13-29-19(18-8-6-9-22(31-18)26(3,4)34)12-20(15)32-16(2)11-21(24(27)25(32)33)35-14-17-7-5-10-23(28)30-17/h5-12,15,34H,13-14H2,1-4H3/t15-/m1/s1. The minimum atomic E-state index is -1.08. The van der Waals surface area contributed by atoms with Crippen LogP contribution in [0.15, 0.2) is 62.8 Å². The molecular weight excluding hydrogens is 515 g/mol. The Bertz CT molecular complexity index is 1390. The van der Waals surface area contributed by atoms with E-state index in [-0.39, 0.29) is 22.6 Å². The maximum Gasteiger partial charge on any atom is 0.273 e. The second-order valence-corrected chi connectivity index (χ2v) is 9.80. The molecule has 0 spiro atoms. The molecule has 0 saturated heterocycles. The number of halogens is 2. The zero-order valence-electron chi connectivity index (χ0n) is 19.9. The highest BCUT2D eigenvalue weighted by molar-refractivity contribution is 9.10. The Hall–Kier alpha value is -3.17. The monoisotopic (exact) mass is 540 g/mol. The summed E-state index contributed by atoms with van der Waals surface area (Å²) < 4.78 is 21.0. The predicted octanol–water partition coefficient (Wildman–Crippen LogP) is 4.63. The van der Waals surface area contributed by atoms with Gasteiger partial charge >= 0.3 is 0 Å².